The molecule has 4 aliphatic rings. The number of nitro benzene ring substituents is 2. The molecule has 60 heavy (non-hydrogen) atoms. The molecule has 1 fully saturated rings. The number of methoxy groups -OCH3 is 2. The molecule has 22 nitrogen and oxygen atoms in total. The van der Waals surface area contributed by atoms with Gasteiger partial charge in [-0.1, -0.05) is 36.4 Å². The number of imidazole rings is 1. The Balaban J connectivity index is 0.000000355. The van der Waals surface area contributed by atoms with Gasteiger partial charge in [-0.15, -0.1) is 4.48 Å². The standard InChI is InChI=1S/C32H25N7O8.C6H5N5O2/c1-46-25-13-7-5-11-23(25)39(24-12-6-8-14-26(24)47-2)30-28(34-31(39)41)27(29(33)40)35-32(36-30,19-15-17-20(18-16-19)37(42)43)21-9-3-4-10-22(21)38(44)45;7-4(12)2-3-5(9-1-8-2)11-6(13)10-3/h3-18H,1-2H3,(H3-,33,34,35,36,40,41);1H,(H2,7,12)(H2,8,9,10,11,13)/p+1. The number of urea groups is 1. The first-order valence-electron chi connectivity index (χ1n) is 17.4. The zero-order chi connectivity index (χ0) is 42.9. The number of nitro groups is 2. The number of aliphatic imine (C=N–C) groups is 1. The molecule has 8 rings (SSSR count). The lowest BCUT2D eigenvalue weighted by molar-refractivity contribution is -0.386. The fourth-order valence-corrected chi connectivity index (χ4v) is 7.04. The molecule has 4 aromatic carbocycles. The van der Waals surface area contributed by atoms with Gasteiger partial charge < -0.3 is 36.2 Å². The first-order chi connectivity index (χ1) is 28.8. The van der Waals surface area contributed by atoms with Gasteiger partial charge in [0.1, 0.15) is 17.1 Å². The third-order valence-corrected chi connectivity index (χ3v) is 9.59. The minimum absolute atomic E-state index is 0.0401. The van der Waals surface area contributed by atoms with Crippen LogP contribution in [0.3, 0.4) is 0 Å². The molecule has 0 aliphatic carbocycles. The summed E-state index contributed by atoms with van der Waals surface area (Å²) >= 11 is 0. The van der Waals surface area contributed by atoms with Crippen LogP contribution in [-0.4, -0.2) is 67.7 Å². The minimum atomic E-state index is -2.03. The van der Waals surface area contributed by atoms with Crippen LogP contribution in [0.25, 0.3) is 11.5 Å². The number of nitrogens with zero attached hydrogens (tertiary/aromatic N) is 6. The zero-order valence-electron chi connectivity index (χ0n) is 31.2. The highest BCUT2D eigenvalue weighted by atomic mass is 16.6. The van der Waals surface area contributed by atoms with Crippen LogP contribution in [0, 0.1) is 20.2 Å². The van der Waals surface area contributed by atoms with Gasteiger partial charge in [-0.2, -0.15) is 9.98 Å². The molecule has 0 bridgehead atoms. The molecule has 1 atom stereocenters. The van der Waals surface area contributed by atoms with Crippen LogP contribution in [0.4, 0.5) is 27.5 Å². The Morgan fingerprint density at radius 2 is 1.40 bits per heavy atom. The Bertz CT molecular complexity index is 2790. The number of amides is 4. The van der Waals surface area contributed by atoms with Crippen LogP contribution in [0.1, 0.15) is 21.6 Å². The van der Waals surface area contributed by atoms with Crippen LogP contribution >= 0.6 is 0 Å². The number of nitrogens with one attached hydrogen (secondary N) is 4. The molecular formula is C38H31N12O10+. The van der Waals surface area contributed by atoms with Crippen LogP contribution in [0.5, 0.6) is 11.5 Å². The first kappa shape index (κ1) is 39.4. The molecule has 302 valence electrons. The lowest BCUT2D eigenvalue weighted by atomic mass is 9.88. The molecule has 1 saturated heterocycles. The van der Waals surface area contributed by atoms with E-state index < -0.39 is 43.5 Å². The van der Waals surface area contributed by atoms with E-state index in [1.165, 1.54) is 63.0 Å². The average Bonchev–Trinajstić information content (AvgIpc) is 3.78. The highest BCUT2D eigenvalue weighted by molar-refractivity contribution is 6.31. The molecule has 4 aliphatic heterocycles. The van der Waals surface area contributed by atoms with E-state index in [-0.39, 0.29) is 79.8 Å². The lowest BCUT2D eigenvalue weighted by Crippen LogP contribution is -2.55. The third kappa shape index (κ3) is 6.35. The maximum Gasteiger partial charge on any atom is 0.438 e. The molecular weight excluding hydrogens is 784 g/mol. The van der Waals surface area contributed by atoms with Crippen molar-refractivity contribution in [2.75, 3.05) is 14.2 Å². The third-order valence-electron chi connectivity index (χ3n) is 9.59. The number of non-ortho nitro benzene ring substituents is 1. The molecule has 0 aromatic heterocycles. The largest absolute Gasteiger partial charge is 0.491 e. The summed E-state index contributed by atoms with van der Waals surface area (Å²) < 4.78 is 10.6. The number of amidine groups is 1. The number of quaternary nitrogens is 1. The van der Waals surface area contributed by atoms with Gasteiger partial charge in [0.15, 0.2) is 40.1 Å². The molecule has 4 aromatic rings. The second kappa shape index (κ2) is 15.3. The number of carbonyl (C=O) groups excluding carboxylic acids is 3. The van der Waals surface area contributed by atoms with Gasteiger partial charge in [0.25, 0.3) is 29.0 Å². The molecule has 4 heterocycles. The summed E-state index contributed by atoms with van der Waals surface area (Å²) in [5, 5.41) is 29.8. The number of primary amides is 2. The lowest BCUT2D eigenvalue weighted by Gasteiger charge is -2.38. The molecule has 1 unspecified atom stereocenters. The molecule has 0 saturated carbocycles. The number of ether oxygens (including phenoxy) is 2. The Hall–Kier alpha value is -8.79. The molecule has 0 radical (unpaired) electrons. The van der Waals surface area contributed by atoms with Crippen LogP contribution in [0.15, 0.2) is 125 Å². The van der Waals surface area contributed by atoms with Crippen molar-refractivity contribution in [1.82, 2.24) is 35.1 Å². The summed E-state index contributed by atoms with van der Waals surface area (Å²) in [6.45, 7) is 0. The van der Waals surface area contributed by atoms with Crippen molar-refractivity contribution in [3.05, 3.63) is 162 Å². The monoisotopic (exact) mass is 815 g/mol. The topological polar surface area (TPSA) is 319 Å². The van der Waals surface area contributed by atoms with Crippen molar-refractivity contribution in [2.24, 2.45) is 16.5 Å². The van der Waals surface area contributed by atoms with E-state index in [1.54, 1.807) is 54.6 Å². The number of nitrogens with two attached hydrogens (primary N) is 2. The van der Waals surface area contributed by atoms with Gasteiger partial charge in [0.05, 0.1) is 36.0 Å². The Kier molecular flexibility index (Phi) is 10.0. The number of aromatic nitrogens is 4. The van der Waals surface area contributed by atoms with E-state index in [0.29, 0.717) is 0 Å². The average molecular weight is 816 g/mol. The van der Waals surface area contributed by atoms with E-state index in [1.807, 2.05) is 0 Å². The number of fused-ring (bicyclic) bond motifs is 2. The maximum atomic E-state index is 14.6. The molecule has 0 spiro atoms. The summed E-state index contributed by atoms with van der Waals surface area (Å²) in [4.78, 5) is 89.5. The van der Waals surface area contributed by atoms with Crippen LogP contribution < -0.4 is 41.7 Å². The van der Waals surface area contributed by atoms with E-state index in [0.717, 1.165) is 0 Å². The second-order valence-corrected chi connectivity index (χ2v) is 12.8. The number of benzene rings is 4. The number of H-pyrrole nitrogens is 2. The van der Waals surface area contributed by atoms with Crippen molar-refractivity contribution in [2.45, 2.75) is 5.66 Å². The predicted molar refractivity (Wildman–Crippen MR) is 212 cm³/mol. The van der Waals surface area contributed by atoms with E-state index in [2.05, 4.69) is 30.6 Å². The first-order valence-corrected chi connectivity index (χ1v) is 17.4. The quantitative estimate of drug-likeness (QED) is 0.0658. The number of rotatable bonds is 10. The molecule has 22 heteroatoms. The van der Waals surface area contributed by atoms with Crippen LogP contribution in [-0.2, 0) is 10.5 Å². The highest BCUT2D eigenvalue weighted by Gasteiger charge is 2.63. The van der Waals surface area contributed by atoms with Gasteiger partial charge in [0, 0.05) is 35.9 Å². The normalized spacial score (nSPS) is 16.3. The summed E-state index contributed by atoms with van der Waals surface area (Å²) in [5.41, 5.74) is 8.34. The van der Waals surface area contributed by atoms with Gasteiger partial charge in [-0.25, -0.2) is 14.6 Å². The van der Waals surface area contributed by atoms with E-state index in [9.17, 15) is 39.4 Å². The number of para-hydroxylation sites is 5. The highest BCUT2D eigenvalue weighted by Crippen LogP contribution is 2.52. The van der Waals surface area contributed by atoms with Crippen molar-refractivity contribution in [3.63, 3.8) is 0 Å². The second-order valence-electron chi connectivity index (χ2n) is 12.8. The summed E-state index contributed by atoms with van der Waals surface area (Å²) in [7, 11) is 2.85. The van der Waals surface area contributed by atoms with Crippen molar-refractivity contribution >= 4 is 46.4 Å². The zero-order valence-corrected chi connectivity index (χ0v) is 31.2. The van der Waals surface area contributed by atoms with E-state index in [4.69, 9.17) is 25.9 Å². The SMILES string of the molecule is COc1ccccc1[N+]1(c2ccccc2OC)C(=O)NC2=C(C(N)=O)NC(c3ccc([N+](=O)[O-])cc3)(c3ccccc3[N+](=O)[O-])N=C21.NC(=O)c1[nH]cnc2nc(=O)[nH]c1-2. The Morgan fingerprint density at radius 3 is 1.97 bits per heavy atom. The Morgan fingerprint density at radius 1 is 0.800 bits per heavy atom. The summed E-state index contributed by atoms with van der Waals surface area (Å²) in [6.07, 6.45) is 1.25. The number of carbonyl (C=O) groups is 3. The number of aromatic amines is 2. The van der Waals surface area contributed by atoms with Gasteiger partial charge >= 0.3 is 11.7 Å². The van der Waals surface area contributed by atoms with Gasteiger partial charge in [-0.05, 0) is 30.3 Å². The Labute approximate surface area is 336 Å². The smallest absolute Gasteiger partial charge is 0.438 e. The van der Waals surface area contributed by atoms with Crippen molar-refractivity contribution < 1.29 is 33.7 Å². The van der Waals surface area contributed by atoms with E-state index >= 15 is 0 Å². The van der Waals surface area contributed by atoms with Gasteiger partial charge in [0.2, 0.25) is 0 Å². The number of hydrogen-bond acceptors (Lipinski definition) is 14. The van der Waals surface area contributed by atoms with Gasteiger partial charge in [-0.3, -0.25) is 35.1 Å². The molecule has 8 N–H and O–H groups in total. The fraction of sp³-hybridized carbons (Fsp3) is 0.0789. The predicted octanol–water partition coefficient (Wildman–Crippen LogP) is 3.18. The summed E-state index contributed by atoms with van der Waals surface area (Å²) in [6, 6.07) is 23.5. The van der Waals surface area contributed by atoms with Crippen LogP contribution in [0.2, 0.25) is 0 Å². The maximum absolute atomic E-state index is 14.6. The van der Waals surface area contributed by atoms with Crippen molar-refractivity contribution in [1.29, 1.82) is 0 Å². The van der Waals surface area contributed by atoms with Crippen molar-refractivity contribution in [3.8, 4) is 23.0 Å². The summed E-state index contributed by atoms with van der Waals surface area (Å²) in [5.74, 6) is -1.06. The fourth-order valence-electron chi connectivity index (χ4n) is 7.04. The number of hydrogen-bond donors (Lipinski definition) is 6. The molecule has 4 amide bonds. The minimum Gasteiger partial charge on any atom is -0.491 e.